The van der Waals surface area contributed by atoms with E-state index in [-0.39, 0.29) is 33.7 Å². The van der Waals surface area contributed by atoms with E-state index in [1.807, 2.05) is 0 Å². The summed E-state index contributed by atoms with van der Waals surface area (Å²) in [7, 11) is 0. The fourth-order valence-electron chi connectivity index (χ4n) is 2.28. The molecule has 0 aliphatic heterocycles. The van der Waals surface area contributed by atoms with Gasteiger partial charge in [-0.15, -0.1) is 0 Å². The smallest absolute Gasteiger partial charge is 0.266 e. The summed E-state index contributed by atoms with van der Waals surface area (Å²) in [6.45, 7) is 1.49. The van der Waals surface area contributed by atoms with Crippen LogP contribution < -0.4 is 26.2 Å². The summed E-state index contributed by atoms with van der Waals surface area (Å²) in [5.74, 6) is -1.25. The first-order valence-electron chi connectivity index (χ1n) is 9.31. The van der Waals surface area contributed by atoms with Gasteiger partial charge in [0.1, 0.15) is 5.75 Å². The lowest BCUT2D eigenvalue weighted by Gasteiger charge is -2.16. The Hall–Kier alpha value is -2.30. The Kier molecular flexibility index (Phi) is 10.5. The highest BCUT2D eigenvalue weighted by Gasteiger charge is 2.18. The Labute approximate surface area is 215 Å². The van der Waals surface area contributed by atoms with Gasteiger partial charge in [0.2, 0.25) is 11.8 Å². The number of amides is 3. The summed E-state index contributed by atoms with van der Waals surface area (Å²) in [5.41, 5.74) is 5.04. The van der Waals surface area contributed by atoms with Crippen LogP contribution in [0.4, 0.5) is 5.69 Å². The Morgan fingerprint density at radius 1 is 0.909 bits per heavy atom. The number of carbonyl (C=O) groups excluding carboxylic acids is 3. The predicted molar refractivity (Wildman–Crippen MR) is 133 cm³/mol. The van der Waals surface area contributed by atoms with Crippen LogP contribution in [0.5, 0.6) is 5.75 Å². The number of rotatable bonds is 7. The number of carbonyl (C=O) groups is 3. The largest absolute Gasteiger partial charge is 0.479 e. The van der Waals surface area contributed by atoms with Crippen molar-refractivity contribution in [3.05, 3.63) is 56.5 Å². The molecule has 2 aromatic rings. The number of anilines is 1. The highest BCUT2D eigenvalue weighted by molar-refractivity contribution is 7.80. The molecule has 0 saturated carbocycles. The lowest BCUT2D eigenvalue weighted by atomic mass is 10.2. The van der Waals surface area contributed by atoms with Crippen LogP contribution in [0.25, 0.3) is 0 Å². The summed E-state index contributed by atoms with van der Waals surface area (Å²) >= 11 is 28.6. The van der Waals surface area contributed by atoms with Gasteiger partial charge in [0.25, 0.3) is 5.91 Å². The van der Waals surface area contributed by atoms with Crippen LogP contribution in [0.15, 0.2) is 36.4 Å². The zero-order chi connectivity index (χ0) is 24.5. The molecule has 4 N–H and O–H groups in total. The minimum atomic E-state index is -0.942. The monoisotopic (exact) mass is 550 g/mol. The molecule has 1 atom stereocenters. The number of ether oxygens (including phenoxy) is 1. The highest BCUT2D eigenvalue weighted by Crippen LogP contribution is 2.28. The van der Waals surface area contributed by atoms with E-state index in [0.717, 1.165) is 0 Å². The van der Waals surface area contributed by atoms with E-state index < -0.39 is 23.8 Å². The number of hydrazine groups is 1. The topological polar surface area (TPSA) is 109 Å². The van der Waals surface area contributed by atoms with E-state index in [4.69, 9.17) is 63.4 Å². The van der Waals surface area contributed by atoms with E-state index in [9.17, 15) is 14.4 Å². The molecule has 1 unspecified atom stereocenters. The van der Waals surface area contributed by atoms with E-state index in [2.05, 4.69) is 21.5 Å². The van der Waals surface area contributed by atoms with Crippen LogP contribution >= 0.6 is 58.6 Å². The molecule has 3 amide bonds. The van der Waals surface area contributed by atoms with Crippen LogP contribution in [0.2, 0.25) is 20.1 Å². The number of halogens is 4. The maximum atomic E-state index is 12.2. The Balaban J connectivity index is 1.70. The molecule has 8 nitrogen and oxygen atoms in total. The molecule has 13 heteroatoms. The zero-order valence-electron chi connectivity index (χ0n) is 17.0. The van der Waals surface area contributed by atoms with Gasteiger partial charge in [0.15, 0.2) is 11.2 Å². The number of benzene rings is 2. The summed E-state index contributed by atoms with van der Waals surface area (Å²) in [4.78, 5) is 36.1. The molecule has 2 rings (SSSR count). The Morgan fingerprint density at radius 2 is 1.52 bits per heavy atom. The Bertz CT molecular complexity index is 1070. The second-order valence-corrected chi connectivity index (χ2v) is 8.59. The number of thiocarbonyl (C=S) groups is 1. The van der Waals surface area contributed by atoms with Crippen LogP contribution in [-0.4, -0.2) is 28.9 Å². The average molecular weight is 552 g/mol. The SMILES string of the molecule is CC(Oc1ccc(Cl)cc1Cl)C(=O)NC(=S)NNC(=O)CCC(=O)Nc1ccc(Cl)cc1Cl. The molecule has 0 radical (unpaired) electrons. The first kappa shape index (κ1) is 26.9. The van der Waals surface area contributed by atoms with Crippen molar-refractivity contribution in [1.29, 1.82) is 0 Å². The number of hydrogen-bond acceptors (Lipinski definition) is 5. The van der Waals surface area contributed by atoms with Crippen LogP contribution in [0.1, 0.15) is 19.8 Å². The summed E-state index contributed by atoms with van der Waals surface area (Å²) in [5, 5.41) is 6.16. The van der Waals surface area contributed by atoms with Gasteiger partial charge in [0, 0.05) is 22.9 Å². The van der Waals surface area contributed by atoms with Crippen molar-refractivity contribution in [2.45, 2.75) is 25.9 Å². The lowest BCUT2D eigenvalue weighted by molar-refractivity contribution is -0.126. The van der Waals surface area contributed by atoms with Gasteiger partial charge < -0.3 is 10.1 Å². The fourth-order valence-corrected chi connectivity index (χ4v) is 3.34. The molecule has 33 heavy (non-hydrogen) atoms. The first-order valence-corrected chi connectivity index (χ1v) is 11.2. The fraction of sp³-hybridized carbons (Fsp3) is 0.200. The van der Waals surface area contributed by atoms with Crippen molar-refractivity contribution in [3.63, 3.8) is 0 Å². The second kappa shape index (κ2) is 12.8. The average Bonchev–Trinajstić information content (AvgIpc) is 2.74. The standard InChI is InChI=1S/C20H18Cl4N4O4S/c1-10(32-16-5-3-12(22)9-14(16)24)19(31)26-20(33)28-27-18(30)7-6-17(29)25-15-4-2-11(21)8-13(15)23/h2-5,8-10H,6-7H2,1H3,(H,25,29)(H,27,30)(H2,26,28,31,33). The van der Waals surface area contributed by atoms with Gasteiger partial charge in [-0.3, -0.25) is 30.6 Å². The van der Waals surface area contributed by atoms with E-state index in [1.165, 1.54) is 25.1 Å². The van der Waals surface area contributed by atoms with Gasteiger partial charge in [0.05, 0.1) is 15.7 Å². The van der Waals surface area contributed by atoms with Crippen molar-refractivity contribution >= 4 is 87.1 Å². The molecule has 2 aromatic carbocycles. The third kappa shape index (κ3) is 9.23. The third-order valence-electron chi connectivity index (χ3n) is 3.90. The van der Waals surface area contributed by atoms with E-state index in [1.54, 1.807) is 18.2 Å². The van der Waals surface area contributed by atoms with Crippen molar-refractivity contribution in [2.75, 3.05) is 5.32 Å². The molecule has 0 saturated heterocycles. The molecule has 0 bridgehead atoms. The van der Waals surface area contributed by atoms with Crippen molar-refractivity contribution in [2.24, 2.45) is 0 Å². The van der Waals surface area contributed by atoms with Crippen LogP contribution in [0, 0.1) is 0 Å². The first-order chi connectivity index (χ1) is 15.5. The Morgan fingerprint density at radius 3 is 2.15 bits per heavy atom. The highest BCUT2D eigenvalue weighted by atomic mass is 35.5. The normalized spacial score (nSPS) is 11.2. The molecule has 0 fully saturated rings. The van der Waals surface area contributed by atoms with Crippen LogP contribution in [0.3, 0.4) is 0 Å². The molecule has 0 aliphatic carbocycles. The molecule has 0 spiro atoms. The van der Waals surface area contributed by atoms with Gasteiger partial charge in [-0.05, 0) is 55.5 Å². The van der Waals surface area contributed by atoms with Crippen LogP contribution in [-0.2, 0) is 14.4 Å². The third-order valence-corrected chi connectivity index (χ3v) is 5.19. The molecule has 0 aliphatic rings. The molecular weight excluding hydrogens is 534 g/mol. The van der Waals surface area contributed by atoms with Gasteiger partial charge in [-0.25, -0.2) is 0 Å². The molecule has 0 heterocycles. The lowest BCUT2D eigenvalue weighted by Crippen LogP contribution is -2.51. The second-order valence-electron chi connectivity index (χ2n) is 6.50. The maximum Gasteiger partial charge on any atom is 0.266 e. The quantitative estimate of drug-likeness (QED) is 0.298. The number of hydrogen-bond donors (Lipinski definition) is 4. The predicted octanol–water partition coefficient (Wildman–Crippen LogP) is 4.51. The van der Waals surface area contributed by atoms with Crippen molar-refractivity contribution in [3.8, 4) is 5.75 Å². The zero-order valence-corrected chi connectivity index (χ0v) is 20.8. The molecular formula is C20H18Cl4N4O4S. The van der Waals surface area contributed by atoms with Gasteiger partial charge in [-0.2, -0.15) is 0 Å². The number of nitrogens with one attached hydrogen (secondary N) is 4. The van der Waals surface area contributed by atoms with E-state index >= 15 is 0 Å². The molecule has 176 valence electrons. The van der Waals surface area contributed by atoms with Gasteiger partial charge >= 0.3 is 0 Å². The maximum absolute atomic E-state index is 12.2. The van der Waals surface area contributed by atoms with Gasteiger partial charge in [-0.1, -0.05) is 46.4 Å². The van der Waals surface area contributed by atoms with E-state index in [0.29, 0.717) is 15.7 Å². The molecule has 0 aromatic heterocycles. The van der Waals surface area contributed by atoms with Crippen molar-refractivity contribution < 1.29 is 19.1 Å². The summed E-state index contributed by atoms with van der Waals surface area (Å²) < 4.78 is 5.48. The van der Waals surface area contributed by atoms with Crippen molar-refractivity contribution in [1.82, 2.24) is 16.2 Å². The minimum absolute atomic E-state index is 0.113. The summed E-state index contributed by atoms with van der Waals surface area (Å²) in [6.07, 6.45) is -1.20. The minimum Gasteiger partial charge on any atom is -0.479 e. The summed E-state index contributed by atoms with van der Waals surface area (Å²) in [6, 6.07) is 9.19.